The molecule has 0 fully saturated rings. The summed E-state index contributed by atoms with van der Waals surface area (Å²) >= 11 is 0. The molecule has 0 spiro atoms. The van der Waals surface area contributed by atoms with Crippen molar-refractivity contribution in [3.63, 3.8) is 0 Å². The standard InChI is InChI=1S/C16H23N3O3.ClH/c1-11(2)14(19-15(20)13-4-3-9-22-13)16(21)18-10-12-5-7-17-8-6-12;/h3-5,9,11,14,17H,6-8,10H2,1-2H3,(H,18,21)(H,19,20);1H. The van der Waals surface area contributed by atoms with Crippen molar-refractivity contribution in [1.29, 1.82) is 0 Å². The molecule has 1 aliphatic heterocycles. The van der Waals surface area contributed by atoms with Crippen LogP contribution in [0.25, 0.3) is 0 Å². The van der Waals surface area contributed by atoms with E-state index in [0.29, 0.717) is 6.54 Å². The van der Waals surface area contributed by atoms with E-state index in [9.17, 15) is 9.59 Å². The van der Waals surface area contributed by atoms with Gasteiger partial charge < -0.3 is 20.4 Å². The molecule has 128 valence electrons. The number of hydrogen-bond acceptors (Lipinski definition) is 4. The molecule has 2 rings (SSSR count). The van der Waals surface area contributed by atoms with E-state index in [4.69, 9.17) is 4.42 Å². The Hall–Kier alpha value is -1.79. The lowest BCUT2D eigenvalue weighted by Gasteiger charge is -2.22. The van der Waals surface area contributed by atoms with Crippen molar-refractivity contribution in [1.82, 2.24) is 16.0 Å². The summed E-state index contributed by atoms with van der Waals surface area (Å²) < 4.78 is 5.05. The topological polar surface area (TPSA) is 83.4 Å². The average molecular weight is 342 g/mol. The van der Waals surface area contributed by atoms with Gasteiger partial charge in [0.2, 0.25) is 5.91 Å². The summed E-state index contributed by atoms with van der Waals surface area (Å²) in [5.41, 5.74) is 1.21. The molecule has 1 aromatic rings. The fourth-order valence-corrected chi connectivity index (χ4v) is 2.30. The first-order chi connectivity index (χ1) is 10.6. The molecule has 6 nitrogen and oxygen atoms in total. The van der Waals surface area contributed by atoms with E-state index in [1.165, 1.54) is 11.8 Å². The quantitative estimate of drug-likeness (QED) is 0.685. The first-order valence-corrected chi connectivity index (χ1v) is 7.58. The van der Waals surface area contributed by atoms with Crippen molar-refractivity contribution in [2.45, 2.75) is 26.3 Å². The summed E-state index contributed by atoms with van der Waals surface area (Å²) in [7, 11) is 0. The number of carbonyl (C=O) groups is 2. The summed E-state index contributed by atoms with van der Waals surface area (Å²) in [6, 6.07) is 2.63. The Balaban J connectivity index is 0.00000264. The Morgan fingerprint density at radius 1 is 1.39 bits per heavy atom. The average Bonchev–Trinajstić information content (AvgIpc) is 3.05. The predicted octanol–water partition coefficient (Wildman–Crippen LogP) is 1.49. The van der Waals surface area contributed by atoms with Crippen LogP contribution in [-0.2, 0) is 4.79 Å². The van der Waals surface area contributed by atoms with Gasteiger partial charge >= 0.3 is 0 Å². The number of nitrogens with one attached hydrogen (secondary N) is 3. The molecule has 2 amide bonds. The largest absolute Gasteiger partial charge is 0.459 e. The van der Waals surface area contributed by atoms with Gasteiger partial charge in [-0.25, -0.2) is 0 Å². The number of hydrogen-bond donors (Lipinski definition) is 3. The van der Waals surface area contributed by atoms with Crippen LogP contribution in [0, 0.1) is 5.92 Å². The molecule has 0 saturated carbocycles. The minimum absolute atomic E-state index is 0. The minimum Gasteiger partial charge on any atom is -0.459 e. The number of halogens is 1. The molecule has 1 unspecified atom stereocenters. The Morgan fingerprint density at radius 2 is 2.17 bits per heavy atom. The van der Waals surface area contributed by atoms with E-state index in [2.05, 4.69) is 22.0 Å². The van der Waals surface area contributed by atoms with Crippen LogP contribution in [-0.4, -0.2) is 37.5 Å². The SMILES string of the molecule is CC(C)C(NC(=O)c1ccco1)C(=O)NCC1=CCNCC1.Cl. The summed E-state index contributed by atoms with van der Waals surface area (Å²) in [5.74, 6) is -0.352. The highest BCUT2D eigenvalue weighted by molar-refractivity contribution is 5.95. The van der Waals surface area contributed by atoms with Crippen LogP contribution in [0.5, 0.6) is 0 Å². The molecule has 23 heavy (non-hydrogen) atoms. The number of furan rings is 1. The normalized spacial score (nSPS) is 15.3. The van der Waals surface area contributed by atoms with E-state index >= 15 is 0 Å². The van der Waals surface area contributed by atoms with Gasteiger partial charge in [0.25, 0.3) is 5.91 Å². The Morgan fingerprint density at radius 3 is 2.74 bits per heavy atom. The number of rotatable bonds is 6. The van der Waals surface area contributed by atoms with Crippen molar-refractivity contribution in [2.75, 3.05) is 19.6 Å². The molecule has 1 atom stereocenters. The summed E-state index contributed by atoms with van der Waals surface area (Å²) in [5, 5.41) is 8.86. The third-order valence-electron chi connectivity index (χ3n) is 3.63. The van der Waals surface area contributed by atoms with Crippen LogP contribution in [0.2, 0.25) is 0 Å². The molecular weight excluding hydrogens is 318 g/mol. The summed E-state index contributed by atoms with van der Waals surface area (Å²) in [6.45, 7) is 6.10. The Bertz CT molecular complexity index is 541. The predicted molar refractivity (Wildman–Crippen MR) is 90.6 cm³/mol. The maximum absolute atomic E-state index is 12.3. The number of carbonyl (C=O) groups excluding carboxylic acids is 2. The van der Waals surface area contributed by atoms with Gasteiger partial charge in [0.15, 0.2) is 5.76 Å². The Kier molecular flexibility index (Phi) is 7.85. The van der Waals surface area contributed by atoms with Crippen molar-refractivity contribution >= 4 is 24.2 Å². The number of amides is 2. The zero-order chi connectivity index (χ0) is 15.9. The van der Waals surface area contributed by atoms with Crippen LogP contribution in [0.1, 0.15) is 30.8 Å². The van der Waals surface area contributed by atoms with Crippen LogP contribution >= 0.6 is 12.4 Å². The third kappa shape index (κ3) is 5.73. The van der Waals surface area contributed by atoms with Crippen LogP contribution in [0.15, 0.2) is 34.5 Å². The maximum Gasteiger partial charge on any atom is 0.287 e. The van der Waals surface area contributed by atoms with Gasteiger partial charge in [0.05, 0.1) is 6.26 Å². The molecule has 0 aliphatic carbocycles. The first-order valence-electron chi connectivity index (χ1n) is 7.58. The molecule has 3 N–H and O–H groups in total. The monoisotopic (exact) mass is 341 g/mol. The second kappa shape index (κ2) is 9.37. The minimum atomic E-state index is -0.583. The van der Waals surface area contributed by atoms with Gasteiger partial charge in [-0.3, -0.25) is 9.59 Å². The van der Waals surface area contributed by atoms with Gasteiger partial charge in [-0.15, -0.1) is 12.4 Å². The Labute approximate surface area is 142 Å². The third-order valence-corrected chi connectivity index (χ3v) is 3.63. The molecule has 0 radical (unpaired) electrons. The van der Waals surface area contributed by atoms with E-state index in [-0.39, 0.29) is 35.9 Å². The van der Waals surface area contributed by atoms with E-state index in [1.54, 1.807) is 12.1 Å². The smallest absolute Gasteiger partial charge is 0.287 e. The van der Waals surface area contributed by atoms with Crippen LogP contribution in [0.4, 0.5) is 0 Å². The second-order valence-electron chi connectivity index (χ2n) is 5.71. The van der Waals surface area contributed by atoms with E-state index in [1.807, 2.05) is 13.8 Å². The van der Waals surface area contributed by atoms with Gasteiger partial charge in [0.1, 0.15) is 6.04 Å². The van der Waals surface area contributed by atoms with Crippen molar-refractivity contribution < 1.29 is 14.0 Å². The highest BCUT2D eigenvalue weighted by Crippen LogP contribution is 2.07. The van der Waals surface area contributed by atoms with Gasteiger partial charge in [0, 0.05) is 13.1 Å². The molecule has 0 aromatic carbocycles. The summed E-state index contributed by atoms with van der Waals surface area (Å²) in [4.78, 5) is 24.4. The van der Waals surface area contributed by atoms with Crippen molar-refractivity contribution in [3.05, 3.63) is 35.8 Å². The highest BCUT2D eigenvalue weighted by atomic mass is 35.5. The van der Waals surface area contributed by atoms with E-state index < -0.39 is 6.04 Å². The molecule has 0 saturated heterocycles. The lowest BCUT2D eigenvalue weighted by Crippen LogP contribution is -2.50. The lowest BCUT2D eigenvalue weighted by atomic mass is 10.0. The van der Waals surface area contributed by atoms with Gasteiger partial charge in [-0.2, -0.15) is 0 Å². The van der Waals surface area contributed by atoms with Gasteiger partial charge in [-0.1, -0.05) is 25.5 Å². The molecule has 2 heterocycles. The molecule has 7 heteroatoms. The molecule has 0 bridgehead atoms. The van der Waals surface area contributed by atoms with E-state index in [0.717, 1.165) is 19.5 Å². The molecule has 1 aromatic heterocycles. The maximum atomic E-state index is 12.3. The zero-order valence-corrected chi connectivity index (χ0v) is 14.2. The highest BCUT2D eigenvalue weighted by Gasteiger charge is 2.25. The van der Waals surface area contributed by atoms with Gasteiger partial charge in [-0.05, 0) is 31.0 Å². The van der Waals surface area contributed by atoms with Crippen LogP contribution in [0.3, 0.4) is 0 Å². The fourth-order valence-electron chi connectivity index (χ4n) is 2.30. The second-order valence-corrected chi connectivity index (χ2v) is 5.71. The van der Waals surface area contributed by atoms with Crippen molar-refractivity contribution in [3.8, 4) is 0 Å². The molecular formula is C16H24ClN3O3. The van der Waals surface area contributed by atoms with Crippen molar-refractivity contribution in [2.24, 2.45) is 5.92 Å². The van der Waals surface area contributed by atoms with Crippen LogP contribution < -0.4 is 16.0 Å². The fraction of sp³-hybridized carbons (Fsp3) is 0.500. The lowest BCUT2D eigenvalue weighted by molar-refractivity contribution is -0.123. The molecule has 1 aliphatic rings. The first kappa shape index (κ1) is 19.3. The zero-order valence-electron chi connectivity index (χ0n) is 13.4. The summed E-state index contributed by atoms with van der Waals surface area (Å²) in [6.07, 6.45) is 4.46.